The van der Waals surface area contributed by atoms with Crippen LogP contribution in [-0.4, -0.2) is 31.7 Å². The van der Waals surface area contributed by atoms with Crippen molar-refractivity contribution in [1.82, 2.24) is 0 Å². The molecule has 0 aliphatic heterocycles. The molecule has 0 saturated carbocycles. The Morgan fingerprint density at radius 2 is 0.654 bits per heavy atom. The second-order valence-electron chi connectivity index (χ2n) is 9.04. The van der Waals surface area contributed by atoms with Gasteiger partial charge >= 0.3 is 0 Å². The summed E-state index contributed by atoms with van der Waals surface area (Å²) in [6.45, 7) is 7.33. The number of unbranched alkanes of at least 4 members (excludes halogenated alkanes) is 16. The zero-order chi connectivity index (χ0) is 18.6. The van der Waals surface area contributed by atoms with Crippen LogP contribution in [0.5, 0.6) is 0 Å². The average Bonchev–Trinajstić information content (AvgIpc) is 2.59. The fraction of sp³-hybridized carbons (Fsp3) is 1.00. The van der Waals surface area contributed by atoms with Crippen molar-refractivity contribution in [2.24, 2.45) is 0 Å². The minimum absolute atomic E-state index is 0. The Morgan fingerprint density at radius 3 is 1.00 bits per heavy atom. The molecule has 0 bridgehead atoms. The summed E-state index contributed by atoms with van der Waals surface area (Å²) in [5, 5.41) is 0. The molecule has 0 aromatic heterocycles. The number of halogens is 1. The van der Waals surface area contributed by atoms with E-state index in [1.165, 1.54) is 133 Å². The van der Waals surface area contributed by atoms with Crippen molar-refractivity contribution in [1.29, 1.82) is 0 Å². The molecule has 0 aromatic carbocycles. The first-order valence-electron chi connectivity index (χ1n) is 11.9. The van der Waals surface area contributed by atoms with E-state index < -0.39 is 0 Å². The lowest BCUT2D eigenvalue weighted by atomic mass is 10.0. The summed E-state index contributed by atoms with van der Waals surface area (Å²) in [5.41, 5.74) is 0. The molecular weight excluding hydrogens is 382 g/mol. The Bertz CT molecular complexity index is 253. The summed E-state index contributed by atoms with van der Waals surface area (Å²) in [4.78, 5) is 0. The van der Waals surface area contributed by atoms with Gasteiger partial charge in [-0.1, -0.05) is 110 Å². The molecule has 0 amide bonds. The van der Waals surface area contributed by atoms with Gasteiger partial charge in [0.1, 0.15) is 0 Å². The third-order valence-electron chi connectivity index (χ3n) is 5.73. The maximum absolute atomic E-state index is 2.40. The summed E-state index contributed by atoms with van der Waals surface area (Å²) < 4.78 is 1.23. The second-order valence-corrected chi connectivity index (χ2v) is 9.04. The Kier molecular flexibility index (Phi) is 24.0. The van der Waals surface area contributed by atoms with Crippen molar-refractivity contribution >= 4 is 0 Å². The minimum atomic E-state index is 0. The lowest BCUT2D eigenvalue weighted by Gasteiger charge is -2.29. The predicted molar refractivity (Wildman–Crippen MR) is 116 cm³/mol. The largest absolute Gasteiger partial charge is 1.00 e. The van der Waals surface area contributed by atoms with E-state index in [4.69, 9.17) is 0 Å². The zero-order valence-corrected chi connectivity index (χ0v) is 20.6. The highest BCUT2D eigenvalue weighted by atomic mass is 79.9. The molecule has 0 atom stereocenters. The van der Waals surface area contributed by atoms with Crippen molar-refractivity contribution in [3.8, 4) is 0 Å². The van der Waals surface area contributed by atoms with Crippen LogP contribution in [0.3, 0.4) is 0 Å². The van der Waals surface area contributed by atoms with E-state index in [0.717, 1.165) is 0 Å². The van der Waals surface area contributed by atoms with E-state index in [-0.39, 0.29) is 17.0 Å². The SMILES string of the molecule is CCCCCCCCCCCCCCCCCC[N+](C)(C)CCCC.[Br-]. The van der Waals surface area contributed by atoms with Crippen molar-refractivity contribution in [2.45, 2.75) is 129 Å². The van der Waals surface area contributed by atoms with Gasteiger partial charge in [0, 0.05) is 0 Å². The van der Waals surface area contributed by atoms with Gasteiger partial charge in [-0.05, 0) is 19.3 Å². The van der Waals surface area contributed by atoms with Crippen LogP contribution < -0.4 is 17.0 Å². The Labute approximate surface area is 178 Å². The molecule has 0 N–H and O–H groups in total. The third kappa shape index (κ3) is 22.5. The highest BCUT2D eigenvalue weighted by molar-refractivity contribution is 4.50. The van der Waals surface area contributed by atoms with Gasteiger partial charge in [0.2, 0.25) is 0 Å². The predicted octanol–water partition coefficient (Wildman–Crippen LogP) is 5.13. The summed E-state index contributed by atoms with van der Waals surface area (Å²) in [7, 11) is 4.81. The molecule has 160 valence electrons. The average molecular weight is 435 g/mol. The molecule has 0 unspecified atom stereocenters. The van der Waals surface area contributed by atoms with Crippen LogP contribution in [-0.2, 0) is 0 Å². The van der Waals surface area contributed by atoms with E-state index in [0.29, 0.717) is 0 Å². The molecule has 0 spiro atoms. The lowest BCUT2D eigenvalue weighted by molar-refractivity contribution is -0.890. The molecule has 26 heavy (non-hydrogen) atoms. The van der Waals surface area contributed by atoms with Crippen molar-refractivity contribution in [2.75, 3.05) is 27.2 Å². The molecule has 0 aliphatic carbocycles. The van der Waals surface area contributed by atoms with Crippen molar-refractivity contribution in [3.05, 3.63) is 0 Å². The summed E-state index contributed by atoms with van der Waals surface area (Å²) in [6, 6.07) is 0. The molecule has 0 aliphatic rings. The van der Waals surface area contributed by atoms with Crippen molar-refractivity contribution < 1.29 is 21.5 Å². The van der Waals surface area contributed by atoms with Crippen molar-refractivity contribution in [3.63, 3.8) is 0 Å². The van der Waals surface area contributed by atoms with Crippen LogP contribution in [0.2, 0.25) is 0 Å². The topological polar surface area (TPSA) is 0 Å². The molecular formula is C24H52BrN. The fourth-order valence-corrected chi connectivity index (χ4v) is 3.79. The van der Waals surface area contributed by atoms with Gasteiger partial charge in [-0.25, -0.2) is 0 Å². The van der Waals surface area contributed by atoms with Crippen LogP contribution in [0, 0.1) is 0 Å². The van der Waals surface area contributed by atoms with Gasteiger partial charge in [0.15, 0.2) is 0 Å². The maximum atomic E-state index is 2.40. The van der Waals surface area contributed by atoms with E-state index in [9.17, 15) is 0 Å². The minimum Gasteiger partial charge on any atom is -1.00 e. The third-order valence-corrected chi connectivity index (χ3v) is 5.73. The summed E-state index contributed by atoms with van der Waals surface area (Å²) in [5.74, 6) is 0. The smallest absolute Gasteiger partial charge is 0.0782 e. The molecule has 0 saturated heterocycles. The number of nitrogens with zero attached hydrogens (tertiary/aromatic N) is 1. The Morgan fingerprint density at radius 1 is 0.385 bits per heavy atom. The first kappa shape index (κ1) is 28.6. The first-order chi connectivity index (χ1) is 12.1. The quantitative estimate of drug-likeness (QED) is 0.184. The van der Waals surface area contributed by atoms with Crippen LogP contribution in [0.15, 0.2) is 0 Å². The van der Waals surface area contributed by atoms with Crippen LogP contribution in [0.1, 0.15) is 129 Å². The van der Waals surface area contributed by atoms with Gasteiger partial charge in [0.05, 0.1) is 27.2 Å². The highest BCUT2D eigenvalue weighted by Gasteiger charge is 2.12. The number of hydrogen-bond donors (Lipinski definition) is 0. The molecule has 0 radical (unpaired) electrons. The number of hydrogen-bond acceptors (Lipinski definition) is 0. The van der Waals surface area contributed by atoms with E-state index >= 15 is 0 Å². The van der Waals surface area contributed by atoms with E-state index in [1.54, 1.807) is 0 Å². The normalized spacial score (nSPS) is 11.5. The van der Waals surface area contributed by atoms with Gasteiger partial charge in [-0.3, -0.25) is 0 Å². The summed E-state index contributed by atoms with van der Waals surface area (Å²) in [6.07, 6.45) is 26.1. The molecule has 0 heterocycles. The Balaban J connectivity index is 0. The number of rotatable bonds is 20. The number of quaternary nitrogens is 1. The van der Waals surface area contributed by atoms with Crippen LogP contribution in [0.4, 0.5) is 0 Å². The molecule has 0 aromatic rings. The second kappa shape index (κ2) is 21.7. The summed E-state index contributed by atoms with van der Waals surface area (Å²) >= 11 is 0. The van der Waals surface area contributed by atoms with Gasteiger partial charge in [0.25, 0.3) is 0 Å². The molecule has 0 fully saturated rings. The lowest BCUT2D eigenvalue weighted by Crippen LogP contribution is -3.00. The van der Waals surface area contributed by atoms with Crippen LogP contribution in [0.25, 0.3) is 0 Å². The first-order valence-corrected chi connectivity index (χ1v) is 11.9. The van der Waals surface area contributed by atoms with E-state index in [2.05, 4.69) is 27.9 Å². The fourth-order valence-electron chi connectivity index (χ4n) is 3.79. The molecule has 0 rings (SSSR count). The molecule has 2 heteroatoms. The Hall–Kier alpha value is 0.440. The van der Waals surface area contributed by atoms with Gasteiger partial charge in [-0.2, -0.15) is 0 Å². The van der Waals surface area contributed by atoms with Crippen LogP contribution >= 0.6 is 0 Å². The monoisotopic (exact) mass is 433 g/mol. The highest BCUT2D eigenvalue weighted by Crippen LogP contribution is 2.14. The van der Waals surface area contributed by atoms with E-state index in [1.807, 2.05) is 0 Å². The van der Waals surface area contributed by atoms with Gasteiger partial charge in [-0.15, -0.1) is 0 Å². The molecule has 1 nitrogen and oxygen atoms in total. The standard InChI is InChI=1S/C24H52N.BrH/c1-5-7-9-10-11-12-13-14-15-16-17-18-19-20-21-22-24-25(3,4)23-8-6-2;/h5-24H2,1-4H3;1H/q+1;/p-1. The maximum Gasteiger partial charge on any atom is 0.0782 e. The zero-order valence-electron chi connectivity index (χ0n) is 19.0. The van der Waals surface area contributed by atoms with Gasteiger partial charge < -0.3 is 21.5 Å².